The lowest BCUT2D eigenvalue weighted by atomic mass is 9.98. The maximum atomic E-state index is 12.3. The van der Waals surface area contributed by atoms with Crippen LogP contribution in [0.3, 0.4) is 0 Å². The smallest absolute Gasteiger partial charge is 0.407 e. The van der Waals surface area contributed by atoms with Gasteiger partial charge in [0.25, 0.3) is 0 Å². The van der Waals surface area contributed by atoms with Crippen LogP contribution in [0.25, 0.3) is 11.1 Å². The standard InChI is InChI=1S/C24H30N2O6Si/c1-33(2,3)13-12-31-23(29)25-14-21(22(27)28)26-24(30)32-15-20-18-10-6-4-8-16(18)17-9-5-7-11-19(17)20/h4-11,20-21H,12-15H2,1-3H3,(H,25,29)(H,26,30)(H,27,28). The predicted octanol–water partition coefficient (Wildman–Crippen LogP) is 4.04. The van der Waals surface area contributed by atoms with E-state index in [2.05, 4.69) is 30.3 Å². The minimum absolute atomic E-state index is 0.0678. The van der Waals surface area contributed by atoms with Crippen molar-refractivity contribution in [1.29, 1.82) is 0 Å². The van der Waals surface area contributed by atoms with Crippen LogP contribution in [0.4, 0.5) is 9.59 Å². The van der Waals surface area contributed by atoms with E-state index in [0.29, 0.717) is 0 Å². The first-order valence-corrected chi connectivity index (χ1v) is 14.6. The first-order chi connectivity index (χ1) is 15.7. The third-order valence-corrected chi connectivity index (χ3v) is 7.17. The average Bonchev–Trinajstić information content (AvgIpc) is 3.08. The van der Waals surface area contributed by atoms with Crippen molar-refractivity contribution in [3.05, 3.63) is 59.7 Å². The zero-order valence-corrected chi connectivity index (χ0v) is 20.1. The first kappa shape index (κ1) is 24.3. The van der Waals surface area contributed by atoms with E-state index in [1.165, 1.54) is 0 Å². The Balaban J connectivity index is 1.52. The Bertz CT molecular complexity index is 975. The molecule has 9 heteroatoms. The van der Waals surface area contributed by atoms with E-state index in [9.17, 15) is 19.5 Å². The van der Waals surface area contributed by atoms with Crippen LogP contribution in [-0.2, 0) is 14.3 Å². The van der Waals surface area contributed by atoms with Crippen molar-refractivity contribution in [3.63, 3.8) is 0 Å². The number of rotatable bonds is 9. The molecule has 176 valence electrons. The number of amides is 2. The van der Waals surface area contributed by atoms with Crippen LogP contribution in [0.5, 0.6) is 0 Å². The lowest BCUT2D eigenvalue weighted by Crippen LogP contribution is -2.48. The molecular weight excluding hydrogens is 440 g/mol. The van der Waals surface area contributed by atoms with E-state index in [0.717, 1.165) is 28.3 Å². The number of carbonyl (C=O) groups excluding carboxylic acids is 2. The Hall–Kier alpha value is -3.33. The summed E-state index contributed by atoms with van der Waals surface area (Å²) < 4.78 is 10.5. The van der Waals surface area contributed by atoms with Crippen LogP contribution in [0.2, 0.25) is 25.7 Å². The molecule has 1 aliphatic rings. The van der Waals surface area contributed by atoms with Crippen molar-refractivity contribution in [2.75, 3.05) is 19.8 Å². The molecule has 1 atom stereocenters. The third-order valence-electron chi connectivity index (χ3n) is 5.47. The molecule has 0 bridgehead atoms. The van der Waals surface area contributed by atoms with Gasteiger partial charge in [0.05, 0.1) is 13.2 Å². The van der Waals surface area contributed by atoms with Gasteiger partial charge in [-0.05, 0) is 28.3 Å². The number of hydrogen-bond acceptors (Lipinski definition) is 5. The van der Waals surface area contributed by atoms with Crippen LogP contribution >= 0.6 is 0 Å². The summed E-state index contributed by atoms with van der Waals surface area (Å²) in [5.74, 6) is -1.42. The van der Waals surface area contributed by atoms with Crippen LogP contribution in [0, 0.1) is 0 Å². The number of fused-ring (bicyclic) bond motifs is 3. The summed E-state index contributed by atoms with van der Waals surface area (Å²) >= 11 is 0. The summed E-state index contributed by atoms with van der Waals surface area (Å²) in [7, 11) is -1.35. The molecule has 1 aliphatic carbocycles. The molecule has 0 spiro atoms. The van der Waals surface area contributed by atoms with E-state index >= 15 is 0 Å². The number of ether oxygens (including phenoxy) is 2. The van der Waals surface area contributed by atoms with Gasteiger partial charge >= 0.3 is 18.2 Å². The molecule has 2 amide bonds. The molecule has 1 unspecified atom stereocenters. The number of hydrogen-bond donors (Lipinski definition) is 3. The second kappa shape index (κ2) is 10.5. The number of benzene rings is 2. The van der Waals surface area contributed by atoms with Crippen molar-refractivity contribution in [2.45, 2.75) is 37.6 Å². The highest BCUT2D eigenvalue weighted by molar-refractivity contribution is 6.76. The Morgan fingerprint density at radius 2 is 1.52 bits per heavy atom. The Morgan fingerprint density at radius 1 is 0.939 bits per heavy atom. The summed E-state index contributed by atoms with van der Waals surface area (Å²) in [5, 5.41) is 14.1. The molecule has 2 aromatic rings. The molecule has 0 saturated carbocycles. The lowest BCUT2D eigenvalue weighted by molar-refractivity contribution is -0.139. The Kier molecular flexibility index (Phi) is 7.75. The lowest BCUT2D eigenvalue weighted by Gasteiger charge is -2.18. The quantitative estimate of drug-likeness (QED) is 0.477. The van der Waals surface area contributed by atoms with Gasteiger partial charge in [-0.3, -0.25) is 0 Å². The monoisotopic (exact) mass is 470 g/mol. The van der Waals surface area contributed by atoms with E-state index in [1.54, 1.807) is 0 Å². The van der Waals surface area contributed by atoms with Crippen LogP contribution < -0.4 is 10.6 Å². The maximum Gasteiger partial charge on any atom is 0.407 e. The number of carboxylic acids is 1. The summed E-state index contributed by atoms with van der Waals surface area (Å²) in [6.07, 6.45) is -1.58. The first-order valence-electron chi connectivity index (χ1n) is 10.9. The van der Waals surface area contributed by atoms with Gasteiger partial charge in [0, 0.05) is 14.0 Å². The minimum atomic E-state index is -1.35. The number of aliphatic carboxylic acids is 1. The predicted molar refractivity (Wildman–Crippen MR) is 127 cm³/mol. The molecule has 3 N–H and O–H groups in total. The largest absolute Gasteiger partial charge is 0.480 e. The second-order valence-electron chi connectivity index (χ2n) is 9.19. The van der Waals surface area contributed by atoms with Gasteiger partial charge in [-0.15, -0.1) is 0 Å². The zero-order chi connectivity index (χ0) is 24.0. The van der Waals surface area contributed by atoms with Gasteiger partial charge in [0.1, 0.15) is 12.6 Å². The van der Waals surface area contributed by atoms with Crippen LogP contribution in [0.1, 0.15) is 17.0 Å². The van der Waals surface area contributed by atoms with Crippen molar-refractivity contribution in [2.24, 2.45) is 0 Å². The number of alkyl carbamates (subject to hydrolysis) is 2. The Morgan fingerprint density at radius 3 is 2.06 bits per heavy atom. The van der Waals surface area contributed by atoms with E-state index in [4.69, 9.17) is 9.47 Å². The second-order valence-corrected chi connectivity index (χ2v) is 14.8. The molecule has 0 fully saturated rings. The molecule has 8 nitrogen and oxygen atoms in total. The Labute approximate surface area is 194 Å². The molecule has 0 aliphatic heterocycles. The maximum absolute atomic E-state index is 12.3. The van der Waals surface area contributed by atoms with E-state index in [-0.39, 0.29) is 25.7 Å². The van der Waals surface area contributed by atoms with Crippen molar-refractivity contribution >= 4 is 26.2 Å². The van der Waals surface area contributed by atoms with Crippen molar-refractivity contribution in [3.8, 4) is 11.1 Å². The van der Waals surface area contributed by atoms with Gasteiger partial charge in [0.2, 0.25) is 0 Å². The molecule has 3 rings (SSSR count). The number of nitrogens with one attached hydrogen (secondary N) is 2. The van der Waals surface area contributed by atoms with Gasteiger partial charge < -0.3 is 25.2 Å². The highest BCUT2D eigenvalue weighted by Crippen LogP contribution is 2.44. The zero-order valence-electron chi connectivity index (χ0n) is 19.1. The van der Waals surface area contributed by atoms with Crippen LogP contribution in [-0.4, -0.2) is 57.1 Å². The highest BCUT2D eigenvalue weighted by atomic mass is 28.3. The molecule has 0 saturated heterocycles. The molecule has 0 aromatic heterocycles. The summed E-state index contributed by atoms with van der Waals surface area (Å²) in [5.41, 5.74) is 4.32. The van der Waals surface area contributed by atoms with Crippen LogP contribution in [0.15, 0.2) is 48.5 Å². The molecule has 33 heavy (non-hydrogen) atoms. The SMILES string of the molecule is C[Si](C)(C)CCOC(=O)NCC(NC(=O)OCC1c2ccccc2-c2ccccc21)C(=O)O. The third kappa shape index (κ3) is 6.58. The van der Waals surface area contributed by atoms with E-state index in [1.807, 2.05) is 48.5 Å². The summed E-state index contributed by atoms with van der Waals surface area (Å²) in [6.45, 7) is 6.51. The van der Waals surface area contributed by atoms with Gasteiger partial charge in [-0.2, -0.15) is 0 Å². The minimum Gasteiger partial charge on any atom is -0.480 e. The number of carbonyl (C=O) groups is 3. The van der Waals surface area contributed by atoms with Crippen molar-refractivity contribution in [1.82, 2.24) is 10.6 Å². The molecular formula is C24H30N2O6Si. The number of carboxylic acid groups (broad SMARTS) is 1. The van der Waals surface area contributed by atoms with Crippen molar-refractivity contribution < 1.29 is 29.0 Å². The fourth-order valence-electron chi connectivity index (χ4n) is 3.67. The highest BCUT2D eigenvalue weighted by Gasteiger charge is 2.30. The van der Waals surface area contributed by atoms with Gasteiger partial charge in [-0.1, -0.05) is 68.2 Å². The van der Waals surface area contributed by atoms with Gasteiger partial charge in [-0.25, -0.2) is 14.4 Å². The molecule has 2 aromatic carbocycles. The fourth-order valence-corrected chi connectivity index (χ4v) is 4.38. The molecule has 0 heterocycles. The topological polar surface area (TPSA) is 114 Å². The average molecular weight is 471 g/mol. The molecule has 0 radical (unpaired) electrons. The normalized spacial score (nSPS) is 13.4. The summed E-state index contributed by atoms with van der Waals surface area (Å²) in [4.78, 5) is 35.7. The van der Waals surface area contributed by atoms with Gasteiger partial charge in [0.15, 0.2) is 0 Å². The fraction of sp³-hybridized carbons (Fsp3) is 0.375. The van der Waals surface area contributed by atoms with E-state index < -0.39 is 32.3 Å². The summed E-state index contributed by atoms with van der Waals surface area (Å²) in [6, 6.07) is 15.3.